The van der Waals surface area contributed by atoms with Crippen LogP contribution in [0.4, 0.5) is 5.82 Å². The molecule has 1 unspecified atom stereocenters. The lowest BCUT2D eigenvalue weighted by Crippen LogP contribution is -2.39. The summed E-state index contributed by atoms with van der Waals surface area (Å²) in [6.07, 6.45) is 5.85. The van der Waals surface area contributed by atoms with Gasteiger partial charge in [-0.3, -0.25) is 0 Å². The van der Waals surface area contributed by atoms with Gasteiger partial charge in [0.1, 0.15) is 10.6 Å². The lowest BCUT2D eigenvalue weighted by Gasteiger charge is -2.36. The van der Waals surface area contributed by atoms with E-state index in [1.54, 1.807) is 11.3 Å². The van der Waals surface area contributed by atoms with Crippen molar-refractivity contribution < 1.29 is 0 Å². The van der Waals surface area contributed by atoms with E-state index >= 15 is 0 Å². The second-order valence-electron chi connectivity index (χ2n) is 7.80. The molecular formula is C23H28ClN3S. The van der Waals surface area contributed by atoms with Crippen molar-refractivity contribution in [3.8, 4) is 11.1 Å². The van der Waals surface area contributed by atoms with E-state index in [0.717, 1.165) is 30.0 Å². The Hall–Kier alpha value is -1.65. The van der Waals surface area contributed by atoms with Crippen LogP contribution in [0.25, 0.3) is 21.3 Å². The van der Waals surface area contributed by atoms with Gasteiger partial charge in [-0.2, -0.15) is 4.98 Å². The van der Waals surface area contributed by atoms with Gasteiger partial charge in [-0.1, -0.05) is 32.0 Å². The average Bonchev–Trinajstić information content (AvgIpc) is 3.07. The Morgan fingerprint density at radius 3 is 2.68 bits per heavy atom. The highest BCUT2D eigenvalue weighted by molar-refractivity contribution is 7.19. The predicted octanol–water partition coefficient (Wildman–Crippen LogP) is 6.96. The molecule has 0 spiro atoms. The van der Waals surface area contributed by atoms with Gasteiger partial charge in [0.05, 0.1) is 5.39 Å². The van der Waals surface area contributed by atoms with Crippen molar-refractivity contribution in [3.63, 3.8) is 0 Å². The molecule has 2 aromatic heterocycles. The molecule has 3 heterocycles. The first-order chi connectivity index (χ1) is 13.5. The number of benzene rings is 1. The standard InChI is InChI=1S/C23H28ClN3S/c1-5-17-9-7-8-12-27(17)21-20-19(16-11-10-14(3)15(4)13-16)18(6-2)28-22(20)26-23(24)25-21/h10-11,13,17H,5-9,12H2,1-4H3. The minimum atomic E-state index is 0.360. The average molecular weight is 414 g/mol. The van der Waals surface area contributed by atoms with Crippen LogP contribution in [0.5, 0.6) is 0 Å². The smallest absolute Gasteiger partial charge is 0.225 e. The highest BCUT2D eigenvalue weighted by atomic mass is 35.5. The van der Waals surface area contributed by atoms with E-state index in [4.69, 9.17) is 16.6 Å². The molecule has 0 N–H and O–H groups in total. The first-order valence-electron chi connectivity index (χ1n) is 10.4. The third-order valence-corrected chi connectivity index (χ3v) is 7.46. The molecule has 4 rings (SSSR count). The molecule has 0 radical (unpaired) electrons. The Bertz CT molecular complexity index is 1010. The molecule has 1 aliphatic heterocycles. The van der Waals surface area contributed by atoms with E-state index < -0.39 is 0 Å². The number of piperidine rings is 1. The number of hydrogen-bond acceptors (Lipinski definition) is 4. The summed E-state index contributed by atoms with van der Waals surface area (Å²) in [5.74, 6) is 1.03. The first kappa shape index (κ1) is 19.7. The van der Waals surface area contributed by atoms with Gasteiger partial charge in [0.25, 0.3) is 0 Å². The van der Waals surface area contributed by atoms with Crippen LogP contribution in [0.1, 0.15) is 55.5 Å². The monoisotopic (exact) mass is 413 g/mol. The molecule has 0 aliphatic carbocycles. The first-order valence-corrected chi connectivity index (χ1v) is 11.6. The van der Waals surface area contributed by atoms with Gasteiger partial charge in [-0.05, 0) is 74.2 Å². The molecule has 148 valence electrons. The molecule has 1 fully saturated rings. The summed E-state index contributed by atoms with van der Waals surface area (Å²) < 4.78 is 0. The lowest BCUT2D eigenvalue weighted by atomic mass is 9.96. The Morgan fingerprint density at radius 2 is 1.96 bits per heavy atom. The minimum absolute atomic E-state index is 0.360. The third-order valence-electron chi connectivity index (χ3n) is 6.07. The fraction of sp³-hybridized carbons (Fsp3) is 0.478. The summed E-state index contributed by atoms with van der Waals surface area (Å²) in [6.45, 7) is 9.90. The van der Waals surface area contributed by atoms with Crippen LogP contribution in [0.2, 0.25) is 5.28 Å². The van der Waals surface area contributed by atoms with Crippen LogP contribution in [0.3, 0.4) is 0 Å². The molecule has 1 aromatic carbocycles. The van der Waals surface area contributed by atoms with E-state index in [0.29, 0.717) is 11.3 Å². The van der Waals surface area contributed by atoms with Crippen LogP contribution in [0, 0.1) is 13.8 Å². The molecular weight excluding hydrogens is 386 g/mol. The summed E-state index contributed by atoms with van der Waals surface area (Å²) in [4.78, 5) is 14.3. The molecule has 3 aromatic rings. The van der Waals surface area contributed by atoms with Gasteiger partial charge in [-0.15, -0.1) is 11.3 Å². The number of hydrogen-bond donors (Lipinski definition) is 0. The minimum Gasteiger partial charge on any atom is -0.353 e. The van der Waals surface area contributed by atoms with Crippen molar-refractivity contribution in [2.45, 2.75) is 65.8 Å². The van der Waals surface area contributed by atoms with E-state index in [1.807, 2.05) is 0 Å². The maximum absolute atomic E-state index is 6.39. The van der Waals surface area contributed by atoms with Gasteiger partial charge < -0.3 is 4.90 Å². The summed E-state index contributed by atoms with van der Waals surface area (Å²) in [5, 5.41) is 1.55. The fourth-order valence-electron chi connectivity index (χ4n) is 4.37. The number of nitrogens with zero attached hydrogens (tertiary/aromatic N) is 3. The summed E-state index contributed by atoms with van der Waals surface area (Å²) in [7, 11) is 0. The zero-order valence-corrected chi connectivity index (χ0v) is 18.8. The molecule has 1 aliphatic rings. The lowest BCUT2D eigenvalue weighted by molar-refractivity contribution is 0.448. The van der Waals surface area contributed by atoms with Crippen LogP contribution in [0.15, 0.2) is 18.2 Å². The van der Waals surface area contributed by atoms with Crippen molar-refractivity contribution >= 4 is 39.0 Å². The third kappa shape index (κ3) is 3.42. The second-order valence-corrected chi connectivity index (χ2v) is 9.22. The normalized spacial score (nSPS) is 17.5. The van der Waals surface area contributed by atoms with Crippen LogP contribution in [-0.2, 0) is 6.42 Å². The molecule has 3 nitrogen and oxygen atoms in total. The van der Waals surface area contributed by atoms with Gasteiger partial charge in [0, 0.05) is 23.0 Å². The quantitative estimate of drug-likeness (QED) is 0.433. The number of rotatable bonds is 4. The van der Waals surface area contributed by atoms with Crippen LogP contribution < -0.4 is 4.90 Å². The van der Waals surface area contributed by atoms with Crippen LogP contribution in [-0.4, -0.2) is 22.6 Å². The van der Waals surface area contributed by atoms with Gasteiger partial charge in [-0.25, -0.2) is 4.98 Å². The Morgan fingerprint density at radius 1 is 1.14 bits per heavy atom. The second kappa shape index (κ2) is 8.00. The van der Waals surface area contributed by atoms with Gasteiger partial charge in [0.2, 0.25) is 5.28 Å². The zero-order valence-electron chi connectivity index (χ0n) is 17.2. The summed E-state index contributed by atoms with van der Waals surface area (Å²) in [5.41, 5.74) is 5.21. The van der Waals surface area contributed by atoms with Crippen molar-refractivity contribution in [2.75, 3.05) is 11.4 Å². The number of aromatic nitrogens is 2. The van der Waals surface area contributed by atoms with Gasteiger partial charge in [0.15, 0.2) is 0 Å². The molecule has 1 saturated heterocycles. The van der Waals surface area contributed by atoms with E-state index in [2.05, 4.69) is 55.8 Å². The Labute approximate surface area is 176 Å². The van der Waals surface area contributed by atoms with Crippen molar-refractivity contribution in [3.05, 3.63) is 39.5 Å². The van der Waals surface area contributed by atoms with Crippen LogP contribution >= 0.6 is 22.9 Å². The zero-order chi connectivity index (χ0) is 19.8. The highest BCUT2D eigenvalue weighted by Gasteiger charge is 2.28. The molecule has 0 bridgehead atoms. The largest absolute Gasteiger partial charge is 0.353 e. The van der Waals surface area contributed by atoms with Crippen molar-refractivity contribution in [2.24, 2.45) is 0 Å². The molecule has 5 heteroatoms. The maximum Gasteiger partial charge on any atom is 0.225 e. The van der Waals surface area contributed by atoms with E-state index in [-0.39, 0.29) is 0 Å². The highest BCUT2D eigenvalue weighted by Crippen LogP contribution is 2.44. The fourth-order valence-corrected chi connectivity index (χ4v) is 5.71. The summed E-state index contributed by atoms with van der Waals surface area (Å²) in [6, 6.07) is 7.30. The molecule has 0 amide bonds. The maximum atomic E-state index is 6.39. The molecule has 1 atom stereocenters. The topological polar surface area (TPSA) is 29.0 Å². The van der Waals surface area contributed by atoms with Crippen molar-refractivity contribution in [1.82, 2.24) is 9.97 Å². The molecule has 0 saturated carbocycles. The summed E-state index contributed by atoms with van der Waals surface area (Å²) >= 11 is 8.16. The van der Waals surface area contributed by atoms with E-state index in [9.17, 15) is 0 Å². The predicted molar refractivity (Wildman–Crippen MR) is 122 cm³/mol. The Kier molecular flexibility index (Phi) is 5.62. The number of fused-ring (bicyclic) bond motifs is 1. The Balaban J connectivity index is 2.00. The number of thiophene rings is 1. The number of halogens is 1. The van der Waals surface area contributed by atoms with Gasteiger partial charge >= 0.3 is 0 Å². The van der Waals surface area contributed by atoms with E-state index in [1.165, 1.54) is 51.8 Å². The number of anilines is 1. The SMILES string of the molecule is CCc1sc2nc(Cl)nc(N3CCCCC3CC)c2c1-c1ccc(C)c(C)c1. The van der Waals surface area contributed by atoms with Crippen molar-refractivity contribution in [1.29, 1.82) is 0 Å². The molecule has 28 heavy (non-hydrogen) atoms. The number of aryl methyl sites for hydroxylation is 3.